The van der Waals surface area contributed by atoms with Crippen molar-refractivity contribution in [2.45, 2.75) is 6.42 Å². The van der Waals surface area contributed by atoms with E-state index in [-0.39, 0.29) is 18.3 Å². The highest BCUT2D eigenvalue weighted by Gasteiger charge is 2.08. The first-order valence-corrected chi connectivity index (χ1v) is 9.38. The van der Waals surface area contributed by atoms with Crippen LogP contribution in [0.3, 0.4) is 0 Å². The van der Waals surface area contributed by atoms with Crippen LogP contribution in [0.1, 0.15) is 5.56 Å². The summed E-state index contributed by atoms with van der Waals surface area (Å²) >= 11 is 11.9. The molecule has 4 rings (SSSR count). The molecule has 0 aliphatic carbocycles. The van der Waals surface area contributed by atoms with Gasteiger partial charge in [0.2, 0.25) is 5.91 Å². The highest BCUT2D eigenvalue weighted by molar-refractivity contribution is 6.42. The van der Waals surface area contributed by atoms with E-state index in [2.05, 4.69) is 31.0 Å². The van der Waals surface area contributed by atoms with Gasteiger partial charge in [-0.1, -0.05) is 41.4 Å². The first-order valence-electron chi connectivity index (χ1n) is 8.62. The summed E-state index contributed by atoms with van der Waals surface area (Å²) in [4.78, 5) is 20.6. The number of hydrogen-bond donors (Lipinski definition) is 2. The molecule has 0 unspecified atom stereocenters. The molecule has 0 saturated carbocycles. The molecule has 0 aliphatic rings. The number of pyridine rings is 1. The van der Waals surface area contributed by atoms with Crippen LogP contribution in [-0.4, -0.2) is 26.1 Å². The van der Waals surface area contributed by atoms with E-state index < -0.39 is 0 Å². The number of carbonyl (C=O) groups is 1. The van der Waals surface area contributed by atoms with Crippen molar-refractivity contribution in [1.29, 1.82) is 0 Å². The van der Waals surface area contributed by atoms with Crippen molar-refractivity contribution >= 4 is 46.0 Å². The largest absolute Gasteiger partial charge is 0.273 e. The maximum atomic E-state index is 12.2. The van der Waals surface area contributed by atoms with Gasteiger partial charge in [-0.2, -0.15) is 0 Å². The molecule has 2 aromatic heterocycles. The van der Waals surface area contributed by atoms with Gasteiger partial charge in [0, 0.05) is 17.1 Å². The summed E-state index contributed by atoms with van der Waals surface area (Å²) in [5.41, 5.74) is 8.25. The highest BCUT2D eigenvalue weighted by atomic mass is 35.5. The second-order valence-corrected chi connectivity index (χ2v) is 6.99. The molecule has 2 aromatic carbocycles. The second kappa shape index (κ2) is 8.38. The number of halogens is 2. The third kappa shape index (κ3) is 4.59. The minimum Gasteiger partial charge on any atom is -0.273 e. The number of hydrogen-bond acceptors (Lipinski definition) is 6. The molecule has 0 saturated heterocycles. The molecule has 0 aliphatic heterocycles. The van der Waals surface area contributed by atoms with Gasteiger partial charge in [0.1, 0.15) is 5.69 Å². The Hall–Kier alpha value is -3.29. The number of benzene rings is 2. The minimum atomic E-state index is -0.231. The smallest absolute Gasteiger partial charge is 0.261 e. The number of fused-ring (bicyclic) bond motifs is 1. The van der Waals surface area contributed by atoms with Crippen molar-refractivity contribution in [2.24, 2.45) is 0 Å². The number of hydrazine groups is 1. The molecule has 0 fully saturated rings. The van der Waals surface area contributed by atoms with E-state index in [0.29, 0.717) is 15.7 Å². The molecule has 1 amide bonds. The fourth-order valence-electron chi connectivity index (χ4n) is 2.71. The zero-order valence-corrected chi connectivity index (χ0v) is 16.4. The quantitative estimate of drug-likeness (QED) is 0.468. The lowest BCUT2D eigenvalue weighted by molar-refractivity contribution is -0.119. The molecular formula is C20H14Cl2N6O. The van der Waals surface area contributed by atoms with E-state index >= 15 is 0 Å². The molecule has 7 nitrogen and oxygen atoms in total. The summed E-state index contributed by atoms with van der Waals surface area (Å²) in [5, 5.41) is 9.90. The average Bonchev–Trinajstić information content (AvgIpc) is 2.74. The normalized spacial score (nSPS) is 10.7. The summed E-state index contributed by atoms with van der Waals surface area (Å²) in [6.45, 7) is 0. The number of nitrogens with zero attached hydrogens (tertiary/aromatic N) is 4. The molecule has 0 bridgehead atoms. The van der Waals surface area contributed by atoms with E-state index in [4.69, 9.17) is 23.2 Å². The topological polar surface area (TPSA) is 92.7 Å². The van der Waals surface area contributed by atoms with Crippen molar-refractivity contribution in [3.8, 4) is 11.3 Å². The van der Waals surface area contributed by atoms with Crippen molar-refractivity contribution in [3.05, 3.63) is 76.5 Å². The van der Waals surface area contributed by atoms with Crippen molar-refractivity contribution in [2.75, 3.05) is 5.43 Å². The zero-order chi connectivity index (χ0) is 20.2. The highest BCUT2D eigenvalue weighted by Crippen LogP contribution is 2.27. The molecule has 2 N–H and O–H groups in total. The van der Waals surface area contributed by atoms with E-state index in [1.165, 1.54) is 6.20 Å². The van der Waals surface area contributed by atoms with Crippen LogP contribution >= 0.6 is 23.2 Å². The molecule has 0 radical (unpaired) electrons. The minimum absolute atomic E-state index is 0.171. The van der Waals surface area contributed by atoms with Gasteiger partial charge in [-0.15, -0.1) is 10.2 Å². The molecule has 144 valence electrons. The fraction of sp³-hybridized carbons (Fsp3) is 0.0500. The number of anilines is 1. The van der Waals surface area contributed by atoms with Crippen molar-refractivity contribution in [1.82, 2.24) is 25.6 Å². The number of amides is 1. The van der Waals surface area contributed by atoms with E-state index in [1.54, 1.807) is 24.4 Å². The Morgan fingerprint density at radius 2 is 1.86 bits per heavy atom. The summed E-state index contributed by atoms with van der Waals surface area (Å²) in [6.07, 6.45) is 3.46. The lowest BCUT2D eigenvalue weighted by Gasteiger charge is -2.08. The van der Waals surface area contributed by atoms with Gasteiger partial charge >= 0.3 is 0 Å². The first-order chi connectivity index (χ1) is 14.1. The Kier molecular flexibility index (Phi) is 5.50. The van der Waals surface area contributed by atoms with Crippen molar-refractivity contribution in [3.63, 3.8) is 0 Å². The maximum Gasteiger partial charge on any atom is 0.261 e. The van der Waals surface area contributed by atoms with E-state index in [9.17, 15) is 4.79 Å². The van der Waals surface area contributed by atoms with Gasteiger partial charge in [-0.05, 0) is 35.9 Å². The van der Waals surface area contributed by atoms with Gasteiger partial charge in [-0.3, -0.25) is 20.6 Å². The van der Waals surface area contributed by atoms with Crippen LogP contribution in [-0.2, 0) is 11.2 Å². The van der Waals surface area contributed by atoms with Crippen LogP contribution < -0.4 is 10.9 Å². The summed E-state index contributed by atoms with van der Waals surface area (Å²) in [7, 11) is 0. The Labute approximate surface area is 176 Å². The fourth-order valence-corrected chi connectivity index (χ4v) is 3.01. The van der Waals surface area contributed by atoms with Gasteiger partial charge in [0.15, 0.2) is 0 Å². The maximum absolute atomic E-state index is 12.2. The van der Waals surface area contributed by atoms with Crippen LogP contribution in [0.2, 0.25) is 10.0 Å². The SMILES string of the molecule is O=C(Cc1ccc2ncccc2c1)NNc1ncc(-c2ccc(Cl)c(Cl)c2)nn1. The third-order valence-electron chi connectivity index (χ3n) is 4.12. The summed E-state index contributed by atoms with van der Waals surface area (Å²) < 4.78 is 0. The first kappa shape index (κ1) is 19.0. The number of rotatable bonds is 5. The molecule has 2 heterocycles. The van der Waals surface area contributed by atoms with Crippen LogP contribution in [0.25, 0.3) is 22.2 Å². The second-order valence-electron chi connectivity index (χ2n) is 6.18. The average molecular weight is 425 g/mol. The van der Waals surface area contributed by atoms with Crippen LogP contribution in [0.15, 0.2) is 60.9 Å². The van der Waals surface area contributed by atoms with Crippen LogP contribution in [0, 0.1) is 0 Å². The van der Waals surface area contributed by atoms with Crippen molar-refractivity contribution < 1.29 is 4.79 Å². The Morgan fingerprint density at radius 3 is 2.66 bits per heavy atom. The predicted molar refractivity (Wildman–Crippen MR) is 112 cm³/mol. The van der Waals surface area contributed by atoms with Gasteiger partial charge in [0.05, 0.1) is 28.2 Å². The molecule has 29 heavy (non-hydrogen) atoms. The molecule has 0 spiro atoms. The Balaban J connectivity index is 1.36. The van der Waals surface area contributed by atoms with Gasteiger partial charge < -0.3 is 0 Å². The molecule has 4 aromatic rings. The Morgan fingerprint density at radius 1 is 0.966 bits per heavy atom. The Bertz CT molecular complexity index is 1180. The monoisotopic (exact) mass is 424 g/mol. The van der Waals surface area contributed by atoms with E-state index in [1.807, 2.05) is 30.3 Å². The number of carbonyl (C=O) groups excluding carboxylic acids is 1. The van der Waals surface area contributed by atoms with Crippen LogP contribution in [0.5, 0.6) is 0 Å². The lowest BCUT2D eigenvalue weighted by Crippen LogP contribution is -2.31. The zero-order valence-electron chi connectivity index (χ0n) is 14.9. The standard InChI is InChI=1S/C20H14Cl2N6O/c21-15-5-4-14(10-16(15)22)18-11-24-20(27-25-18)28-26-19(29)9-12-3-6-17-13(8-12)2-1-7-23-17/h1-8,10-11H,9H2,(H,26,29)(H,24,27,28). The molecular weight excluding hydrogens is 411 g/mol. The predicted octanol–water partition coefficient (Wildman–Crippen LogP) is 4.08. The van der Waals surface area contributed by atoms with E-state index in [0.717, 1.165) is 22.0 Å². The summed E-state index contributed by atoms with van der Waals surface area (Å²) in [5.74, 6) is -0.0599. The van der Waals surface area contributed by atoms with Gasteiger partial charge in [-0.25, -0.2) is 4.98 Å². The lowest BCUT2D eigenvalue weighted by atomic mass is 10.1. The number of aromatic nitrogens is 4. The van der Waals surface area contributed by atoms with Crippen LogP contribution in [0.4, 0.5) is 5.95 Å². The third-order valence-corrected chi connectivity index (χ3v) is 4.86. The summed E-state index contributed by atoms with van der Waals surface area (Å²) in [6, 6.07) is 14.6. The van der Waals surface area contributed by atoms with Gasteiger partial charge in [0.25, 0.3) is 5.95 Å². The molecule has 0 atom stereocenters. The molecule has 9 heteroatoms. The number of nitrogens with one attached hydrogen (secondary N) is 2.